The van der Waals surface area contributed by atoms with Crippen molar-refractivity contribution in [3.63, 3.8) is 0 Å². The van der Waals surface area contributed by atoms with Gasteiger partial charge in [-0.1, -0.05) is 32.4 Å². The van der Waals surface area contributed by atoms with Crippen molar-refractivity contribution in [2.75, 3.05) is 112 Å². The zero-order chi connectivity index (χ0) is 47.3. The molecule has 0 fully saturated rings. The molecule has 5 aliphatic rings. The summed E-state index contributed by atoms with van der Waals surface area (Å²) >= 11 is 0. The second-order valence-electron chi connectivity index (χ2n) is 17.5. The lowest BCUT2D eigenvalue weighted by Gasteiger charge is -2.26. The summed E-state index contributed by atoms with van der Waals surface area (Å²) in [7, 11) is 3.31. The molecule has 0 spiro atoms. The number of nitrogens with two attached hydrogens (primary N) is 1. The predicted octanol–water partition coefficient (Wildman–Crippen LogP) is 7.44. The topological polar surface area (TPSA) is 145 Å². The van der Waals surface area contributed by atoms with Crippen molar-refractivity contribution in [3.8, 4) is 11.5 Å². The Morgan fingerprint density at radius 2 is 1.10 bits per heavy atom. The number of hydrogen-bond acceptors (Lipinski definition) is 11. The van der Waals surface area contributed by atoms with Gasteiger partial charge in [0, 0.05) is 55.8 Å². The van der Waals surface area contributed by atoms with E-state index in [0.717, 1.165) is 56.1 Å². The number of unbranched alkanes of at least 4 members (excludes halogenated alkanes) is 1. The number of allylic oxidation sites excluding steroid dienone is 8. The second kappa shape index (κ2) is 24.7. The summed E-state index contributed by atoms with van der Waals surface area (Å²) in [6, 6.07) is 8.70. The number of aryl methyl sites for hydroxylation is 2. The maximum absolute atomic E-state index is 10.1. The number of anilines is 1. The molecule has 8 rings (SSSR count). The fourth-order valence-electron chi connectivity index (χ4n) is 10.2. The number of aromatic nitrogens is 1. The van der Waals surface area contributed by atoms with Crippen LogP contribution >= 0.6 is 0 Å². The van der Waals surface area contributed by atoms with Crippen LogP contribution in [-0.2, 0) is 41.3 Å². The van der Waals surface area contributed by atoms with Crippen LogP contribution in [0.15, 0.2) is 53.6 Å². The van der Waals surface area contributed by atoms with E-state index in [1.54, 1.807) is 14.2 Å². The smallest absolute Gasteiger partial charge is 0.163 e. The van der Waals surface area contributed by atoms with Crippen LogP contribution in [-0.4, -0.2) is 121 Å². The minimum absolute atomic E-state index is 0.141. The Bertz CT molecular complexity index is 2510. The minimum atomic E-state index is -0.240. The van der Waals surface area contributed by atoms with Crippen LogP contribution in [0.4, 0.5) is 5.69 Å². The van der Waals surface area contributed by atoms with Crippen LogP contribution in [0, 0.1) is 0 Å². The number of nitrogen functional groups attached to an aromatic ring is 1. The third-order valence-corrected chi connectivity index (χ3v) is 13.4. The van der Waals surface area contributed by atoms with E-state index < -0.39 is 0 Å². The molecule has 0 unspecified atom stereocenters. The summed E-state index contributed by atoms with van der Waals surface area (Å²) in [6.07, 6.45) is 14.0. The lowest BCUT2D eigenvalue weighted by molar-refractivity contribution is 0.0160. The minimum Gasteiger partial charge on any atom is -0.487 e. The molecule has 3 aromatic rings. The van der Waals surface area contributed by atoms with Crippen molar-refractivity contribution in [1.29, 1.82) is 0 Å². The van der Waals surface area contributed by atoms with Gasteiger partial charge in [0.25, 0.3) is 0 Å². The maximum Gasteiger partial charge on any atom is 0.163 e. The quantitative estimate of drug-likeness (QED) is 0.0438. The SMILES string of the molecule is CCCc1c(CC)c2cc3c4c5c6cc1n2[C@H](/C=C\C=5C(C)=C6CCCO)/C(c1cc(OCCOCCOCCOC)c(OCCOCCOCCOC)cc1N)=C\C=4C(C)=C3CCCCO. The van der Waals surface area contributed by atoms with Gasteiger partial charge in [-0.2, -0.15) is 0 Å². The highest BCUT2D eigenvalue weighted by atomic mass is 16.6. The van der Waals surface area contributed by atoms with Crippen LogP contribution in [0.25, 0.3) is 38.9 Å². The van der Waals surface area contributed by atoms with Crippen molar-refractivity contribution in [2.24, 2.45) is 0 Å². The standard InChI is InChI=1S/C55H74N2O10/c1-7-12-42-38(8-2)50-32-47-39(13-9-10-17-58)37(4)43-31-45(49-16-15-41-36(3)40(14-11-18-59)46(54(41)55(43)47)33-51(42)57(49)50)44-34-52(66-29-27-64-25-23-62-21-19-60-5)53(35-48(44)56)67-30-28-65-26-24-63-22-20-61-6/h15-16,31-35,49,58-59H,7-14,17-30,56H2,1-6H3/b16-15-,45-31-,46-33?,47-32?,50-32?,51-33?,55-54?/t49-/m1/s1. The number of aliphatic hydroxyl groups is 2. The molecule has 1 atom stereocenters. The highest BCUT2D eigenvalue weighted by Gasteiger charge is 2.33. The molecule has 3 aliphatic carbocycles. The first-order valence-corrected chi connectivity index (χ1v) is 24.5. The first-order valence-electron chi connectivity index (χ1n) is 24.5. The van der Waals surface area contributed by atoms with Crippen LogP contribution in [0.1, 0.15) is 100 Å². The normalized spacial score (nSPS) is 17.0. The number of benzene rings is 1. The lowest BCUT2D eigenvalue weighted by Crippen LogP contribution is -2.30. The van der Waals surface area contributed by atoms with Crippen molar-refractivity contribution < 1.29 is 48.1 Å². The second-order valence-corrected chi connectivity index (χ2v) is 17.5. The van der Waals surface area contributed by atoms with Gasteiger partial charge in [0.1, 0.15) is 13.2 Å². The molecular weight excluding hydrogens is 849 g/mol. The van der Waals surface area contributed by atoms with Crippen molar-refractivity contribution in [2.45, 2.75) is 85.1 Å². The van der Waals surface area contributed by atoms with E-state index in [1.807, 2.05) is 6.07 Å². The van der Waals surface area contributed by atoms with Gasteiger partial charge in [0.05, 0.1) is 72.1 Å². The van der Waals surface area contributed by atoms with E-state index >= 15 is 0 Å². The summed E-state index contributed by atoms with van der Waals surface area (Å²) in [6.45, 7) is 14.6. The Morgan fingerprint density at radius 3 is 1.67 bits per heavy atom. The number of nitrogens with zero attached hydrogens (tertiary/aromatic N) is 1. The number of aliphatic hydroxyl groups excluding tert-OH is 2. The van der Waals surface area contributed by atoms with Crippen molar-refractivity contribution in [3.05, 3.63) is 91.9 Å². The molecule has 0 saturated heterocycles. The van der Waals surface area contributed by atoms with E-state index in [4.69, 9.17) is 43.6 Å². The number of ether oxygens (including phenoxy) is 8. The first-order chi connectivity index (χ1) is 32.8. The number of hydrogen-bond donors (Lipinski definition) is 3. The maximum atomic E-state index is 10.1. The molecule has 2 aliphatic heterocycles. The molecule has 10 bridgehead atoms. The fourth-order valence-corrected chi connectivity index (χ4v) is 10.2. The Morgan fingerprint density at radius 1 is 0.582 bits per heavy atom. The molecule has 67 heavy (non-hydrogen) atoms. The molecule has 0 saturated carbocycles. The Hall–Kier alpha value is -4.50. The zero-order valence-corrected chi connectivity index (χ0v) is 40.9. The monoisotopic (exact) mass is 923 g/mol. The van der Waals surface area contributed by atoms with Crippen LogP contribution in [0.2, 0.25) is 0 Å². The average Bonchev–Trinajstić information content (AvgIpc) is 3.91. The highest BCUT2D eigenvalue weighted by molar-refractivity contribution is 6.03. The third-order valence-electron chi connectivity index (χ3n) is 13.4. The summed E-state index contributed by atoms with van der Waals surface area (Å²) in [4.78, 5) is 0. The molecule has 0 amide bonds. The molecular formula is C55H74N2O10. The molecule has 12 nitrogen and oxygen atoms in total. The van der Waals surface area contributed by atoms with Crippen LogP contribution in [0.5, 0.6) is 11.5 Å². The Balaban J connectivity index is 1.39. The van der Waals surface area contributed by atoms with Gasteiger partial charge in [-0.15, -0.1) is 0 Å². The van der Waals surface area contributed by atoms with E-state index in [1.165, 1.54) is 77.2 Å². The summed E-state index contributed by atoms with van der Waals surface area (Å²) in [5.74, 6) is 1.10. The molecule has 4 heterocycles. The van der Waals surface area contributed by atoms with Crippen molar-refractivity contribution in [1.82, 2.24) is 4.57 Å². The lowest BCUT2D eigenvalue weighted by atomic mass is 9.90. The first kappa shape index (κ1) is 50.4. The fraction of sp³-hybridized carbons (Fsp3) is 0.527. The van der Waals surface area contributed by atoms with Gasteiger partial charge in [0.2, 0.25) is 0 Å². The largest absolute Gasteiger partial charge is 0.487 e. The van der Waals surface area contributed by atoms with Gasteiger partial charge in [-0.25, -0.2) is 0 Å². The molecule has 364 valence electrons. The number of rotatable bonds is 31. The summed E-state index contributed by atoms with van der Waals surface area (Å²) < 4.78 is 48.6. The molecule has 1 aromatic carbocycles. The van der Waals surface area contributed by atoms with Crippen LogP contribution < -0.4 is 25.6 Å². The van der Waals surface area contributed by atoms with Gasteiger partial charge < -0.3 is 58.4 Å². The number of methoxy groups -OCH3 is 2. The third kappa shape index (κ3) is 11.0. The van der Waals surface area contributed by atoms with Crippen LogP contribution in [0.3, 0.4) is 0 Å². The van der Waals surface area contributed by atoms with Gasteiger partial charge in [-0.3, -0.25) is 0 Å². The van der Waals surface area contributed by atoms with E-state index in [9.17, 15) is 10.2 Å². The Labute approximate surface area is 397 Å². The summed E-state index contributed by atoms with van der Waals surface area (Å²) in [5, 5.41) is 22.6. The Kier molecular flexibility index (Phi) is 18.6. The molecule has 12 heteroatoms. The van der Waals surface area contributed by atoms with Gasteiger partial charge in [0.15, 0.2) is 11.5 Å². The van der Waals surface area contributed by atoms with Gasteiger partial charge >= 0.3 is 0 Å². The zero-order valence-electron chi connectivity index (χ0n) is 40.9. The predicted molar refractivity (Wildman–Crippen MR) is 268 cm³/mol. The highest BCUT2D eigenvalue weighted by Crippen LogP contribution is 2.48. The average molecular weight is 923 g/mol. The van der Waals surface area contributed by atoms with E-state index in [0.29, 0.717) is 96.3 Å². The summed E-state index contributed by atoms with van der Waals surface area (Å²) in [5.41, 5.74) is 25.1. The molecule has 4 N–H and O–H groups in total. The van der Waals surface area contributed by atoms with Crippen molar-refractivity contribution >= 4 is 44.6 Å². The molecule has 2 aromatic heterocycles. The van der Waals surface area contributed by atoms with E-state index in [2.05, 4.69) is 68.7 Å². The van der Waals surface area contributed by atoms with Gasteiger partial charge in [-0.05, 0) is 155 Å². The van der Waals surface area contributed by atoms with E-state index in [-0.39, 0.29) is 25.9 Å². The molecule has 0 radical (unpaired) electrons.